The molecule has 1 unspecified atom stereocenters. The Morgan fingerprint density at radius 3 is 3.07 bits per heavy atom. The van der Waals surface area contributed by atoms with Crippen molar-refractivity contribution in [2.45, 2.75) is 38.9 Å². The first-order valence-electron chi connectivity index (χ1n) is 5.75. The monoisotopic (exact) mass is 224 g/mol. The van der Waals surface area contributed by atoms with Crippen molar-refractivity contribution in [2.24, 2.45) is 0 Å². The number of thiophene rings is 1. The van der Waals surface area contributed by atoms with Crippen LogP contribution in [0.4, 0.5) is 0 Å². The SMILES string of the molecule is CC(C)N1CCC(NCc2cccs2)C1. The first-order chi connectivity index (χ1) is 7.25. The fourth-order valence-corrected chi connectivity index (χ4v) is 2.74. The van der Waals surface area contributed by atoms with Crippen LogP contribution in [0.3, 0.4) is 0 Å². The molecule has 2 rings (SSSR count). The summed E-state index contributed by atoms with van der Waals surface area (Å²) in [6, 6.07) is 5.71. The summed E-state index contributed by atoms with van der Waals surface area (Å²) in [7, 11) is 0. The second kappa shape index (κ2) is 5.10. The first-order valence-corrected chi connectivity index (χ1v) is 6.63. The van der Waals surface area contributed by atoms with Gasteiger partial charge in [-0.1, -0.05) is 6.07 Å². The van der Waals surface area contributed by atoms with Crippen molar-refractivity contribution in [3.8, 4) is 0 Å². The van der Waals surface area contributed by atoms with E-state index in [4.69, 9.17) is 0 Å². The van der Waals surface area contributed by atoms with E-state index in [1.165, 1.54) is 24.4 Å². The summed E-state index contributed by atoms with van der Waals surface area (Å²) >= 11 is 1.84. The quantitative estimate of drug-likeness (QED) is 0.844. The molecule has 1 N–H and O–H groups in total. The summed E-state index contributed by atoms with van der Waals surface area (Å²) < 4.78 is 0. The molecule has 1 atom stereocenters. The van der Waals surface area contributed by atoms with E-state index in [0.29, 0.717) is 12.1 Å². The van der Waals surface area contributed by atoms with Gasteiger partial charge in [0.15, 0.2) is 0 Å². The van der Waals surface area contributed by atoms with Crippen LogP contribution in [0.5, 0.6) is 0 Å². The Morgan fingerprint density at radius 2 is 2.47 bits per heavy atom. The van der Waals surface area contributed by atoms with E-state index in [1.807, 2.05) is 11.3 Å². The highest BCUT2D eigenvalue weighted by Gasteiger charge is 2.23. The molecule has 1 fully saturated rings. The largest absolute Gasteiger partial charge is 0.308 e. The molecule has 1 aliphatic heterocycles. The summed E-state index contributed by atoms with van der Waals surface area (Å²) in [5.41, 5.74) is 0. The van der Waals surface area contributed by atoms with Gasteiger partial charge >= 0.3 is 0 Å². The Bertz CT molecular complexity index is 282. The van der Waals surface area contributed by atoms with Gasteiger partial charge in [-0.05, 0) is 38.3 Å². The number of hydrogen-bond donors (Lipinski definition) is 1. The minimum atomic E-state index is 0.689. The minimum absolute atomic E-state index is 0.689. The second-order valence-corrected chi connectivity index (χ2v) is 5.57. The van der Waals surface area contributed by atoms with Crippen LogP contribution in [0.25, 0.3) is 0 Å². The lowest BCUT2D eigenvalue weighted by Gasteiger charge is -2.20. The molecular formula is C12H20N2S. The predicted octanol–water partition coefficient (Wildman–Crippen LogP) is 2.32. The lowest BCUT2D eigenvalue weighted by Crippen LogP contribution is -2.34. The average Bonchev–Trinajstić information content (AvgIpc) is 2.86. The molecule has 1 saturated heterocycles. The van der Waals surface area contributed by atoms with E-state index < -0.39 is 0 Å². The fourth-order valence-electron chi connectivity index (χ4n) is 2.08. The Labute approximate surface area is 96.3 Å². The van der Waals surface area contributed by atoms with Crippen LogP contribution in [-0.2, 0) is 6.54 Å². The number of likely N-dealkylation sites (tertiary alicyclic amines) is 1. The maximum Gasteiger partial charge on any atom is 0.0302 e. The standard InChI is InChI=1S/C12H20N2S/c1-10(2)14-6-5-11(9-14)13-8-12-4-3-7-15-12/h3-4,7,10-11,13H,5-6,8-9H2,1-2H3. The second-order valence-electron chi connectivity index (χ2n) is 4.53. The number of nitrogens with one attached hydrogen (secondary N) is 1. The zero-order chi connectivity index (χ0) is 10.7. The summed E-state index contributed by atoms with van der Waals surface area (Å²) in [6.45, 7) is 8.06. The number of nitrogens with zero attached hydrogens (tertiary/aromatic N) is 1. The Morgan fingerprint density at radius 1 is 1.60 bits per heavy atom. The molecule has 0 amide bonds. The molecule has 1 aromatic rings. The van der Waals surface area contributed by atoms with Crippen LogP contribution < -0.4 is 5.32 Å². The van der Waals surface area contributed by atoms with Crippen LogP contribution in [-0.4, -0.2) is 30.1 Å². The van der Waals surface area contributed by atoms with Gasteiger partial charge < -0.3 is 5.32 Å². The molecule has 0 aliphatic carbocycles. The van der Waals surface area contributed by atoms with Crippen LogP contribution in [0.2, 0.25) is 0 Å². The van der Waals surface area contributed by atoms with Gasteiger partial charge in [-0.3, -0.25) is 4.90 Å². The van der Waals surface area contributed by atoms with Crippen LogP contribution in [0, 0.1) is 0 Å². The summed E-state index contributed by atoms with van der Waals surface area (Å²) in [6.07, 6.45) is 1.30. The molecule has 15 heavy (non-hydrogen) atoms. The van der Waals surface area contributed by atoms with Crippen molar-refractivity contribution in [1.29, 1.82) is 0 Å². The summed E-state index contributed by atoms with van der Waals surface area (Å²) in [5, 5.41) is 5.78. The van der Waals surface area contributed by atoms with Crippen LogP contribution in [0.15, 0.2) is 17.5 Å². The van der Waals surface area contributed by atoms with Gasteiger partial charge in [0.05, 0.1) is 0 Å². The van der Waals surface area contributed by atoms with E-state index >= 15 is 0 Å². The molecule has 1 aliphatic rings. The molecule has 2 nitrogen and oxygen atoms in total. The lowest BCUT2D eigenvalue weighted by atomic mass is 10.2. The van der Waals surface area contributed by atoms with E-state index in [-0.39, 0.29) is 0 Å². The van der Waals surface area contributed by atoms with Gasteiger partial charge in [0, 0.05) is 30.1 Å². The van der Waals surface area contributed by atoms with Crippen molar-refractivity contribution in [2.75, 3.05) is 13.1 Å². The number of rotatable bonds is 4. The van der Waals surface area contributed by atoms with Crippen molar-refractivity contribution >= 4 is 11.3 Å². The molecular weight excluding hydrogens is 204 g/mol. The molecule has 1 aromatic heterocycles. The Balaban J connectivity index is 1.73. The molecule has 3 heteroatoms. The third kappa shape index (κ3) is 3.03. The van der Waals surface area contributed by atoms with Crippen molar-refractivity contribution < 1.29 is 0 Å². The third-order valence-corrected chi connectivity index (χ3v) is 3.97. The smallest absolute Gasteiger partial charge is 0.0302 e. The lowest BCUT2D eigenvalue weighted by molar-refractivity contribution is 0.268. The third-order valence-electron chi connectivity index (χ3n) is 3.10. The highest BCUT2D eigenvalue weighted by molar-refractivity contribution is 7.09. The maximum absolute atomic E-state index is 3.64. The normalized spacial score (nSPS) is 22.7. The highest BCUT2D eigenvalue weighted by atomic mass is 32.1. The van der Waals surface area contributed by atoms with Gasteiger partial charge in [-0.2, -0.15) is 0 Å². The first kappa shape index (κ1) is 11.1. The molecule has 0 bridgehead atoms. The van der Waals surface area contributed by atoms with Gasteiger partial charge in [-0.25, -0.2) is 0 Å². The molecule has 0 radical (unpaired) electrons. The fraction of sp³-hybridized carbons (Fsp3) is 0.667. The van der Waals surface area contributed by atoms with E-state index in [9.17, 15) is 0 Å². The van der Waals surface area contributed by atoms with Gasteiger partial charge in [-0.15, -0.1) is 11.3 Å². The molecule has 0 aromatic carbocycles. The Hall–Kier alpha value is -0.380. The van der Waals surface area contributed by atoms with Crippen LogP contribution >= 0.6 is 11.3 Å². The maximum atomic E-state index is 3.64. The zero-order valence-electron chi connectivity index (χ0n) is 9.57. The van der Waals surface area contributed by atoms with Crippen molar-refractivity contribution in [1.82, 2.24) is 10.2 Å². The van der Waals surface area contributed by atoms with Gasteiger partial charge in [0.25, 0.3) is 0 Å². The average molecular weight is 224 g/mol. The van der Waals surface area contributed by atoms with E-state index in [1.54, 1.807) is 0 Å². The molecule has 0 spiro atoms. The van der Waals surface area contributed by atoms with Crippen LogP contribution in [0.1, 0.15) is 25.1 Å². The zero-order valence-corrected chi connectivity index (χ0v) is 10.4. The minimum Gasteiger partial charge on any atom is -0.308 e. The highest BCUT2D eigenvalue weighted by Crippen LogP contribution is 2.14. The molecule has 2 heterocycles. The predicted molar refractivity (Wildman–Crippen MR) is 66.3 cm³/mol. The van der Waals surface area contributed by atoms with E-state index in [0.717, 1.165) is 6.54 Å². The van der Waals surface area contributed by atoms with E-state index in [2.05, 4.69) is 41.6 Å². The molecule has 84 valence electrons. The summed E-state index contributed by atoms with van der Waals surface area (Å²) in [4.78, 5) is 3.99. The van der Waals surface area contributed by atoms with Crippen molar-refractivity contribution in [3.05, 3.63) is 22.4 Å². The summed E-state index contributed by atoms with van der Waals surface area (Å²) in [5.74, 6) is 0. The number of hydrogen-bond acceptors (Lipinski definition) is 3. The van der Waals surface area contributed by atoms with Crippen molar-refractivity contribution in [3.63, 3.8) is 0 Å². The van der Waals surface area contributed by atoms with Gasteiger partial charge in [0.1, 0.15) is 0 Å². The molecule has 0 saturated carbocycles. The topological polar surface area (TPSA) is 15.3 Å². The van der Waals surface area contributed by atoms with Gasteiger partial charge in [0.2, 0.25) is 0 Å². The Kier molecular flexibility index (Phi) is 3.78.